The topological polar surface area (TPSA) is 139 Å². The SMILES string of the molecule is O=C(O)NCC1CN(C(=O)C(=Cn2cnc(-c3cc(C(F)(F)F)nc(C(F)(F)F)c3)n2)c2cncnc2)C1. The number of hydrogen-bond donors (Lipinski definition) is 2. The molecule has 1 aliphatic rings. The van der Waals surface area contributed by atoms with Crippen LogP contribution in [0.3, 0.4) is 0 Å². The maximum atomic E-state index is 13.2. The van der Waals surface area contributed by atoms with Gasteiger partial charge in [0.05, 0.1) is 5.57 Å². The van der Waals surface area contributed by atoms with Gasteiger partial charge < -0.3 is 15.3 Å². The van der Waals surface area contributed by atoms with E-state index in [2.05, 4.69) is 30.4 Å². The van der Waals surface area contributed by atoms with Gasteiger partial charge in [0.15, 0.2) is 5.82 Å². The van der Waals surface area contributed by atoms with Crippen molar-refractivity contribution in [3.8, 4) is 11.4 Å². The van der Waals surface area contributed by atoms with E-state index in [0.29, 0.717) is 12.1 Å². The van der Waals surface area contributed by atoms with Crippen molar-refractivity contribution in [2.75, 3.05) is 19.6 Å². The van der Waals surface area contributed by atoms with Crippen LogP contribution in [0.15, 0.2) is 37.2 Å². The lowest BCUT2D eigenvalue weighted by atomic mass is 9.98. The molecule has 3 aromatic rings. The summed E-state index contributed by atoms with van der Waals surface area (Å²) in [7, 11) is 0. The van der Waals surface area contributed by atoms with Crippen LogP contribution in [-0.4, -0.2) is 71.4 Å². The van der Waals surface area contributed by atoms with E-state index in [1.807, 2.05) is 0 Å². The number of likely N-dealkylation sites (tertiary alicyclic amines) is 1. The Morgan fingerprint density at radius 2 is 1.66 bits per heavy atom. The molecule has 200 valence electrons. The molecule has 1 aliphatic heterocycles. The van der Waals surface area contributed by atoms with Crippen molar-refractivity contribution in [1.29, 1.82) is 0 Å². The molecule has 17 heteroatoms. The van der Waals surface area contributed by atoms with Crippen LogP contribution in [0, 0.1) is 5.92 Å². The molecular formula is C21H16F6N8O3. The summed E-state index contributed by atoms with van der Waals surface area (Å²) in [6.45, 7) is 0.624. The van der Waals surface area contributed by atoms with Gasteiger partial charge in [0.2, 0.25) is 0 Å². The van der Waals surface area contributed by atoms with E-state index in [0.717, 1.165) is 11.0 Å². The van der Waals surface area contributed by atoms with Crippen LogP contribution in [0.4, 0.5) is 31.1 Å². The monoisotopic (exact) mass is 542 g/mol. The van der Waals surface area contributed by atoms with Crippen LogP contribution >= 0.6 is 0 Å². The molecule has 0 spiro atoms. The number of nitrogens with zero attached hydrogens (tertiary/aromatic N) is 7. The molecule has 38 heavy (non-hydrogen) atoms. The molecule has 1 saturated heterocycles. The fourth-order valence-corrected chi connectivity index (χ4v) is 3.51. The number of pyridine rings is 1. The molecule has 0 bridgehead atoms. The lowest BCUT2D eigenvalue weighted by Gasteiger charge is -2.39. The number of carbonyl (C=O) groups excluding carboxylic acids is 1. The van der Waals surface area contributed by atoms with E-state index >= 15 is 0 Å². The van der Waals surface area contributed by atoms with Crippen LogP contribution in [0.5, 0.6) is 0 Å². The van der Waals surface area contributed by atoms with Crippen molar-refractivity contribution in [1.82, 2.24) is 39.9 Å². The average molecular weight is 542 g/mol. The number of aromatic nitrogens is 6. The third kappa shape index (κ3) is 6.04. The van der Waals surface area contributed by atoms with Crippen molar-refractivity contribution in [3.63, 3.8) is 0 Å². The van der Waals surface area contributed by atoms with Gasteiger partial charge in [-0.25, -0.2) is 29.4 Å². The number of carboxylic acid groups (broad SMARTS) is 1. The first kappa shape index (κ1) is 26.5. The molecule has 0 saturated carbocycles. The van der Waals surface area contributed by atoms with Crippen molar-refractivity contribution < 1.29 is 41.0 Å². The van der Waals surface area contributed by atoms with Crippen LogP contribution in [0.1, 0.15) is 17.0 Å². The summed E-state index contributed by atoms with van der Waals surface area (Å²) in [4.78, 5) is 39.4. The van der Waals surface area contributed by atoms with Crippen molar-refractivity contribution >= 4 is 23.8 Å². The molecule has 4 heterocycles. The second kappa shape index (κ2) is 10.1. The minimum absolute atomic E-state index is 0.00776. The number of carbonyl (C=O) groups is 2. The highest BCUT2D eigenvalue weighted by Crippen LogP contribution is 2.35. The first-order valence-corrected chi connectivity index (χ1v) is 10.6. The predicted octanol–water partition coefficient (Wildman–Crippen LogP) is 2.89. The van der Waals surface area contributed by atoms with Gasteiger partial charge >= 0.3 is 18.4 Å². The summed E-state index contributed by atoms with van der Waals surface area (Å²) < 4.78 is 79.9. The minimum atomic E-state index is -5.15. The molecule has 2 amide bonds. The predicted molar refractivity (Wildman–Crippen MR) is 116 cm³/mol. The van der Waals surface area contributed by atoms with E-state index in [1.54, 1.807) is 0 Å². The number of alkyl halides is 6. The Hall–Kier alpha value is -4.57. The van der Waals surface area contributed by atoms with Crippen LogP contribution in [-0.2, 0) is 17.1 Å². The maximum absolute atomic E-state index is 13.2. The number of hydrogen-bond acceptors (Lipinski definition) is 7. The molecule has 2 N–H and O–H groups in total. The van der Waals surface area contributed by atoms with E-state index in [-0.39, 0.29) is 36.7 Å². The summed E-state index contributed by atoms with van der Waals surface area (Å²) in [5.41, 5.74) is -3.86. The fourth-order valence-electron chi connectivity index (χ4n) is 3.51. The summed E-state index contributed by atoms with van der Waals surface area (Å²) in [5, 5.41) is 14.9. The Labute approximate surface area is 208 Å². The number of amides is 2. The van der Waals surface area contributed by atoms with Gasteiger partial charge in [-0.1, -0.05) is 0 Å². The zero-order chi connectivity index (χ0) is 27.7. The summed E-state index contributed by atoms with van der Waals surface area (Å²) in [6, 6.07) is 0.780. The lowest BCUT2D eigenvalue weighted by Crippen LogP contribution is -2.53. The first-order valence-electron chi connectivity index (χ1n) is 10.6. The first-order chi connectivity index (χ1) is 17.8. The molecule has 11 nitrogen and oxygen atoms in total. The van der Waals surface area contributed by atoms with Gasteiger partial charge in [-0.15, -0.1) is 5.10 Å². The van der Waals surface area contributed by atoms with E-state index in [9.17, 15) is 35.9 Å². The van der Waals surface area contributed by atoms with Crippen molar-refractivity contribution in [3.05, 3.63) is 54.1 Å². The third-order valence-electron chi connectivity index (χ3n) is 5.32. The fraction of sp³-hybridized carbons (Fsp3) is 0.286. The number of nitrogens with one attached hydrogen (secondary N) is 1. The smallest absolute Gasteiger partial charge is 0.433 e. The van der Waals surface area contributed by atoms with E-state index < -0.39 is 47.1 Å². The molecule has 0 unspecified atom stereocenters. The average Bonchev–Trinajstić information content (AvgIpc) is 3.29. The van der Waals surface area contributed by atoms with E-state index in [4.69, 9.17) is 5.11 Å². The molecule has 0 atom stereocenters. The van der Waals surface area contributed by atoms with Crippen molar-refractivity contribution in [2.24, 2.45) is 5.92 Å². The highest BCUT2D eigenvalue weighted by atomic mass is 19.4. The minimum Gasteiger partial charge on any atom is -0.465 e. The standard InChI is InChI=1S/C21H16F6N8O3/c22-20(23,24)15-1-12(2-16(32-15)21(25,26)27)17-31-10-35(33-17)8-14(13-4-28-9-29-5-13)18(36)34-6-11(7-34)3-30-19(37)38/h1-2,4-5,8-11,30H,3,6-7H2,(H,37,38). The molecule has 3 aromatic heterocycles. The van der Waals surface area contributed by atoms with Gasteiger partial charge in [-0.3, -0.25) is 4.79 Å². The molecule has 0 aromatic carbocycles. The maximum Gasteiger partial charge on any atom is 0.433 e. The number of halogens is 6. The van der Waals surface area contributed by atoms with Crippen molar-refractivity contribution in [2.45, 2.75) is 12.4 Å². The summed E-state index contributed by atoms with van der Waals surface area (Å²) >= 11 is 0. The van der Waals surface area contributed by atoms with Crippen LogP contribution in [0.2, 0.25) is 0 Å². The number of rotatable bonds is 6. The summed E-state index contributed by atoms with van der Waals surface area (Å²) in [5.74, 6) is -1.09. The largest absolute Gasteiger partial charge is 0.465 e. The van der Waals surface area contributed by atoms with Gasteiger partial charge in [0.1, 0.15) is 24.0 Å². The van der Waals surface area contributed by atoms with Crippen LogP contribution < -0.4 is 5.32 Å². The summed E-state index contributed by atoms with van der Waals surface area (Å²) in [6.07, 6.45) is -5.45. The molecule has 0 radical (unpaired) electrons. The van der Waals surface area contributed by atoms with Gasteiger partial charge in [0.25, 0.3) is 5.91 Å². The van der Waals surface area contributed by atoms with Crippen LogP contribution in [0.25, 0.3) is 23.2 Å². The molecular weight excluding hydrogens is 526 g/mol. The zero-order valence-electron chi connectivity index (χ0n) is 18.9. The second-order valence-electron chi connectivity index (χ2n) is 8.10. The molecule has 4 rings (SSSR count). The zero-order valence-corrected chi connectivity index (χ0v) is 18.9. The highest BCUT2D eigenvalue weighted by Gasteiger charge is 2.39. The second-order valence-corrected chi connectivity index (χ2v) is 8.10. The lowest BCUT2D eigenvalue weighted by molar-refractivity contribution is -0.150. The van der Waals surface area contributed by atoms with Gasteiger partial charge in [-0.2, -0.15) is 26.3 Å². The van der Waals surface area contributed by atoms with Gasteiger partial charge in [-0.05, 0) is 12.1 Å². The normalized spacial score (nSPS) is 14.8. The molecule has 1 fully saturated rings. The Morgan fingerprint density at radius 3 is 2.21 bits per heavy atom. The molecule has 0 aliphatic carbocycles. The quantitative estimate of drug-likeness (QED) is 0.358. The Morgan fingerprint density at radius 1 is 1.05 bits per heavy atom. The third-order valence-corrected chi connectivity index (χ3v) is 5.32. The van der Waals surface area contributed by atoms with Gasteiger partial charge in [0, 0.05) is 55.3 Å². The Kier molecular flexibility index (Phi) is 7.01. The van der Waals surface area contributed by atoms with E-state index in [1.165, 1.54) is 29.8 Å². The Bertz CT molecular complexity index is 1340. The Balaban J connectivity index is 1.65. The highest BCUT2D eigenvalue weighted by molar-refractivity contribution is 6.22.